The molecule has 1 saturated carbocycles. The van der Waals surface area contributed by atoms with Crippen molar-refractivity contribution in [2.75, 3.05) is 0 Å². The maximum Gasteiger partial charge on any atom is 0.253 e. The number of rotatable bonds is 2. The molecule has 0 radical (unpaired) electrons. The molecule has 0 spiro atoms. The highest BCUT2D eigenvalue weighted by Gasteiger charge is 2.21. The van der Waals surface area contributed by atoms with Crippen LogP contribution in [-0.4, -0.2) is 10.5 Å². The highest BCUT2D eigenvalue weighted by atomic mass is 32.1. The number of thiazole rings is 1. The number of carbonyl (C=O) groups is 1. The van der Waals surface area contributed by atoms with Gasteiger partial charge in [-0.3, -0.25) is 9.36 Å². The second-order valence-electron chi connectivity index (χ2n) is 8.09. The maximum absolute atomic E-state index is 12.3. The van der Waals surface area contributed by atoms with Crippen LogP contribution in [-0.2, 0) is 4.79 Å². The van der Waals surface area contributed by atoms with Crippen molar-refractivity contribution in [3.8, 4) is 5.69 Å². The Morgan fingerprint density at radius 1 is 1.12 bits per heavy atom. The van der Waals surface area contributed by atoms with E-state index in [-0.39, 0.29) is 5.91 Å². The standard InChI is InChI=1S/C21H28N2OS/c1-15-14-23(20(25-15)22-19(24)21(2,3)4)18-12-10-17(11-13-18)16-8-6-5-7-9-16/h10-14,16H,5-9H2,1-4H3/b22-20-. The van der Waals surface area contributed by atoms with Gasteiger partial charge in [-0.1, -0.05) is 52.2 Å². The fourth-order valence-electron chi connectivity index (χ4n) is 3.32. The Kier molecular flexibility index (Phi) is 5.28. The second-order valence-corrected chi connectivity index (χ2v) is 9.30. The van der Waals surface area contributed by atoms with Crippen LogP contribution in [0.5, 0.6) is 0 Å². The molecule has 1 amide bonds. The first-order chi connectivity index (χ1) is 11.8. The summed E-state index contributed by atoms with van der Waals surface area (Å²) in [6.07, 6.45) is 8.77. The van der Waals surface area contributed by atoms with E-state index in [1.54, 1.807) is 11.3 Å². The topological polar surface area (TPSA) is 34.4 Å². The van der Waals surface area contributed by atoms with Crippen LogP contribution in [0, 0.1) is 12.3 Å². The Hall–Kier alpha value is -1.68. The molecule has 25 heavy (non-hydrogen) atoms. The van der Waals surface area contributed by atoms with Gasteiger partial charge in [0.05, 0.1) is 0 Å². The van der Waals surface area contributed by atoms with Crippen LogP contribution in [0.3, 0.4) is 0 Å². The van der Waals surface area contributed by atoms with Crippen LogP contribution < -0.4 is 4.80 Å². The summed E-state index contributed by atoms with van der Waals surface area (Å²) in [7, 11) is 0. The summed E-state index contributed by atoms with van der Waals surface area (Å²) in [5, 5.41) is 0. The summed E-state index contributed by atoms with van der Waals surface area (Å²) >= 11 is 1.56. The van der Waals surface area contributed by atoms with E-state index >= 15 is 0 Å². The van der Waals surface area contributed by atoms with E-state index in [2.05, 4.69) is 42.4 Å². The van der Waals surface area contributed by atoms with Gasteiger partial charge in [0, 0.05) is 22.2 Å². The van der Waals surface area contributed by atoms with Crippen molar-refractivity contribution in [3.63, 3.8) is 0 Å². The predicted octanol–water partition coefficient (Wildman–Crippen LogP) is 5.37. The Labute approximate surface area is 154 Å². The molecule has 1 aromatic carbocycles. The minimum atomic E-state index is -0.458. The zero-order chi connectivity index (χ0) is 18.0. The number of benzene rings is 1. The SMILES string of the molecule is Cc1cn(-c2ccc(C3CCCCC3)cc2)/c(=N/C(=O)C(C)(C)C)s1. The van der Waals surface area contributed by atoms with Gasteiger partial charge in [0.15, 0.2) is 4.80 Å². The second kappa shape index (κ2) is 7.28. The summed E-state index contributed by atoms with van der Waals surface area (Å²) in [4.78, 5) is 18.6. The number of nitrogens with zero attached hydrogens (tertiary/aromatic N) is 2. The number of amides is 1. The lowest BCUT2D eigenvalue weighted by molar-refractivity contribution is -0.125. The van der Waals surface area contributed by atoms with Crippen LogP contribution in [0.4, 0.5) is 0 Å². The monoisotopic (exact) mass is 356 g/mol. The molecule has 0 aliphatic heterocycles. The van der Waals surface area contributed by atoms with Gasteiger partial charge in [-0.25, -0.2) is 0 Å². The van der Waals surface area contributed by atoms with Crippen LogP contribution in [0.25, 0.3) is 5.69 Å². The summed E-state index contributed by atoms with van der Waals surface area (Å²) in [5.41, 5.74) is 2.06. The highest BCUT2D eigenvalue weighted by molar-refractivity contribution is 7.09. The highest BCUT2D eigenvalue weighted by Crippen LogP contribution is 2.32. The Bertz CT molecular complexity index is 800. The van der Waals surface area contributed by atoms with Gasteiger partial charge in [0.1, 0.15) is 0 Å². The van der Waals surface area contributed by atoms with Gasteiger partial charge in [-0.05, 0) is 43.4 Å². The molecule has 1 heterocycles. The van der Waals surface area contributed by atoms with Gasteiger partial charge in [0.2, 0.25) is 0 Å². The number of hydrogen-bond donors (Lipinski definition) is 0. The van der Waals surface area contributed by atoms with E-state index in [1.165, 1.54) is 37.7 Å². The molecule has 3 nitrogen and oxygen atoms in total. The summed E-state index contributed by atoms with van der Waals surface area (Å²) in [5.74, 6) is 0.630. The summed E-state index contributed by atoms with van der Waals surface area (Å²) in [6.45, 7) is 7.77. The number of hydrogen-bond acceptors (Lipinski definition) is 2. The van der Waals surface area contributed by atoms with Gasteiger partial charge in [-0.2, -0.15) is 4.99 Å². The molecule has 1 aromatic heterocycles. The Morgan fingerprint density at radius 3 is 2.36 bits per heavy atom. The third-order valence-electron chi connectivity index (χ3n) is 4.86. The molecule has 1 aliphatic carbocycles. The van der Waals surface area contributed by atoms with E-state index in [4.69, 9.17) is 0 Å². The third kappa shape index (κ3) is 4.30. The van der Waals surface area contributed by atoms with E-state index in [1.807, 2.05) is 25.3 Å². The van der Waals surface area contributed by atoms with E-state index in [0.29, 0.717) is 5.92 Å². The normalized spacial score (nSPS) is 17.0. The molecule has 4 heteroatoms. The number of aryl methyl sites for hydroxylation is 1. The Morgan fingerprint density at radius 2 is 1.76 bits per heavy atom. The lowest BCUT2D eigenvalue weighted by Crippen LogP contribution is -2.22. The van der Waals surface area contributed by atoms with E-state index < -0.39 is 5.41 Å². The lowest BCUT2D eigenvalue weighted by atomic mass is 9.84. The van der Waals surface area contributed by atoms with Crippen LogP contribution >= 0.6 is 11.3 Å². The average Bonchev–Trinajstić information content (AvgIpc) is 2.95. The number of aromatic nitrogens is 1. The van der Waals surface area contributed by atoms with Gasteiger partial charge in [-0.15, -0.1) is 11.3 Å². The minimum absolute atomic E-state index is 0.0816. The van der Waals surface area contributed by atoms with Crippen molar-refractivity contribution in [3.05, 3.63) is 45.7 Å². The third-order valence-corrected chi connectivity index (χ3v) is 5.75. The number of carbonyl (C=O) groups excluding carboxylic acids is 1. The molecular weight excluding hydrogens is 328 g/mol. The molecule has 0 N–H and O–H groups in total. The minimum Gasteiger partial charge on any atom is -0.292 e. The fourth-order valence-corrected chi connectivity index (χ4v) is 4.15. The Balaban J connectivity index is 1.92. The first-order valence-corrected chi connectivity index (χ1v) is 10.0. The molecule has 0 atom stereocenters. The van der Waals surface area contributed by atoms with Gasteiger partial charge >= 0.3 is 0 Å². The quantitative estimate of drug-likeness (QED) is 0.712. The van der Waals surface area contributed by atoms with Crippen molar-refractivity contribution >= 4 is 17.2 Å². The van der Waals surface area contributed by atoms with Crippen LogP contribution in [0.1, 0.15) is 69.2 Å². The van der Waals surface area contributed by atoms with Crippen LogP contribution in [0.2, 0.25) is 0 Å². The molecule has 0 bridgehead atoms. The van der Waals surface area contributed by atoms with Crippen LogP contribution in [0.15, 0.2) is 35.5 Å². The smallest absolute Gasteiger partial charge is 0.253 e. The van der Waals surface area contributed by atoms with Crippen molar-refractivity contribution in [2.45, 2.75) is 65.7 Å². The molecule has 2 aromatic rings. The predicted molar refractivity (Wildman–Crippen MR) is 104 cm³/mol. The van der Waals surface area contributed by atoms with Crippen molar-refractivity contribution in [1.82, 2.24) is 4.57 Å². The van der Waals surface area contributed by atoms with E-state index in [9.17, 15) is 4.79 Å². The summed E-state index contributed by atoms with van der Waals surface area (Å²) in [6, 6.07) is 8.83. The molecule has 134 valence electrons. The van der Waals surface area contributed by atoms with Crippen molar-refractivity contribution in [2.24, 2.45) is 10.4 Å². The van der Waals surface area contributed by atoms with E-state index in [0.717, 1.165) is 15.4 Å². The first kappa shape index (κ1) is 18.1. The van der Waals surface area contributed by atoms with Crippen molar-refractivity contribution in [1.29, 1.82) is 0 Å². The largest absolute Gasteiger partial charge is 0.292 e. The molecule has 1 aliphatic rings. The molecule has 0 unspecified atom stereocenters. The van der Waals surface area contributed by atoms with Gasteiger partial charge in [0.25, 0.3) is 5.91 Å². The maximum atomic E-state index is 12.3. The summed E-state index contributed by atoms with van der Waals surface area (Å²) < 4.78 is 2.04. The van der Waals surface area contributed by atoms with Gasteiger partial charge < -0.3 is 0 Å². The average molecular weight is 357 g/mol. The molecule has 1 fully saturated rings. The fraction of sp³-hybridized carbons (Fsp3) is 0.524. The molecular formula is C21H28N2OS. The van der Waals surface area contributed by atoms with Crippen molar-refractivity contribution < 1.29 is 4.79 Å². The zero-order valence-electron chi connectivity index (χ0n) is 15.7. The zero-order valence-corrected chi connectivity index (χ0v) is 16.5. The molecule has 3 rings (SSSR count). The lowest BCUT2D eigenvalue weighted by Gasteiger charge is -2.22. The first-order valence-electron chi connectivity index (χ1n) is 9.23. The molecule has 0 saturated heterocycles.